The molecule has 0 spiro atoms. The number of rotatable bonds is 5. The van der Waals surface area contributed by atoms with E-state index in [-0.39, 0.29) is 0 Å². The molecule has 1 aromatic heterocycles. The second-order valence-electron chi connectivity index (χ2n) is 4.37. The normalized spacial score (nSPS) is 9.04. The van der Waals surface area contributed by atoms with E-state index in [4.69, 9.17) is 9.47 Å². The largest absolute Gasteiger partial charge is 0.496 e. The molecule has 0 atom stereocenters. The van der Waals surface area contributed by atoms with Gasteiger partial charge in [0.25, 0.3) is 0 Å². The van der Waals surface area contributed by atoms with Gasteiger partial charge in [-0.15, -0.1) is 11.3 Å². The van der Waals surface area contributed by atoms with Gasteiger partial charge in [0.15, 0.2) is 0 Å². The minimum Gasteiger partial charge on any atom is -0.496 e. The molecule has 0 amide bonds. The van der Waals surface area contributed by atoms with Crippen LogP contribution in [-0.2, 0) is 6.54 Å². The van der Waals surface area contributed by atoms with Crippen molar-refractivity contribution in [3.63, 3.8) is 0 Å². The van der Waals surface area contributed by atoms with Crippen molar-refractivity contribution in [1.82, 2.24) is 0 Å². The summed E-state index contributed by atoms with van der Waals surface area (Å²) in [7, 11) is 3.35. The number of hydrogen-bond acceptors (Lipinski definition) is 4. The van der Waals surface area contributed by atoms with Crippen molar-refractivity contribution in [2.24, 2.45) is 0 Å². The number of thiophene rings is 1. The molecular weight excluding hydrogens is 306 g/mol. The SMILES string of the molecule is CC.CC.COc1cc(NCc2ccc(C)s2)cc(OC)c1C. The molecule has 0 aliphatic carbocycles. The van der Waals surface area contributed by atoms with Crippen LogP contribution >= 0.6 is 11.3 Å². The van der Waals surface area contributed by atoms with E-state index in [0.717, 1.165) is 29.3 Å². The molecule has 3 nitrogen and oxygen atoms in total. The molecule has 0 aliphatic rings. The lowest BCUT2D eigenvalue weighted by atomic mass is 10.1. The molecule has 130 valence electrons. The highest BCUT2D eigenvalue weighted by Gasteiger charge is 2.08. The predicted molar refractivity (Wildman–Crippen MR) is 103 cm³/mol. The van der Waals surface area contributed by atoms with E-state index in [1.807, 2.05) is 46.8 Å². The fourth-order valence-corrected chi connectivity index (χ4v) is 2.79. The molecule has 0 fully saturated rings. The molecule has 1 aromatic carbocycles. The van der Waals surface area contributed by atoms with Crippen LogP contribution in [0.5, 0.6) is 11.5 Å². The zero-order valence-electron chi connectivity index (χ0n) is 15.7. The van der Waals surface area contributed by atoms with E-state index in [1.54, 1.807) is 25.6 Å². The fourth-order valence-electron chi connectivity index (χ4n) is 1.96. The molecular formula is C19H31NO2S. The second kappa shape index (κ2) is 11.8. The van der Waals surface area contributed by atoms with Gasteiger partial charge < -0.3 is 14.8 Å². The maximum atomic E-state index is 5.37. The average molecular weight is 338 g/mol. The van der Waals surface area contributed by atoms with E-state index in [9.17, 15) is 0 Å². The highest BCUT2D eigenvalue weighted by atomic mass is 32.1. The Hall–Kier alpha value is -1.68. The van der Waals surface area contributed by atoms with Gasteiger partial charge in [0, 0.05) is 39.7 Å². The first-order valence-electron chi connectivity index (χ1n) is 8.16. The zero-order chi connectivity index (χ0) is 17.8. The lowest BCUT2D eigenvalue weighted by molar-refractivity contribution is 0.389. The topological polar surface area (TPSA) is 30.5 Å². The van der Waals surface area contributed by atoms with Gasteiger partial charge >= 0.3 is 0 Å². The molecule has 2 aromatic rings. The van der Waals surface area contributed by atoms with Crippen LogP contribution in [0.2, 0.25) is 0 Å². The Labute approximate surface area is 145 Å². The Morgan fingerprint density at radius 2 is 1.43 bits per heavy atom. The lowest BCUT2D eigenvalue weighted by Gasteiger charge is -2.13. The Morgan fingerprint density at radius 3 is 1.83 bits per heavy atom. The summed E-state index contributed by atoms with van der Waals surface area (Å²) in [4.78, 5) is 2.65. The lowest BCUT2D eigenvalue weighted by Crippen LogP contribution is -2.00. The standard InChI is InChI=1S/C15H19NO2S.2C2H6/c1-10-5-6-13(19-10)9-16-12-7-14(17-3)11(2)15(8-12)18-4;2*1-2/h5-8,16H,9H2,1-4H3;2*1-2H3. The van der Waals surface area contributed by atoms with Gasteiger partial charge in [-0.1, -0.05) is 27.7 Å². The number of ether oxygens (including phenoxy) is 2. The third kappa shape index (κ3) is 6.53. The minimum atomic E-state index is 0.813. The number of methoxy groups -OCH3 is 2. The van der Waals surface area contributed by atoms with Crippen LogP contribution < -0.4 is 14.8 Å². The Kier molecular flexibility index (Phi) is 11.0. The highest BCUT2D eigenvalue weighted by Crippen LogP contribution is 2.32. The molecule has 0 saturated carbocycles. The molecule has 0 unspecified atom stereocenters. The summed E-state index contributed by atoms with van der Waals surface area (Å²) in [5, 5.41) is 3.40. The molecule has 0 radical (unpaired) electrons. The number of aryl methyl sites for hydroxylation is 1. The first-order valence-corrected chi connectivity index (χ1v) is 8.97. The van der Waals surface area contributed by atoms with Crippen LogP contribution in [0.1, 0.15) is 43.0 Å². The Balaban J connectivity index is 0.00000112. The van der Waals surface area contributed by atoms with E-state index in [1.165, 1.54) is 9.75 Å². The molecule has 4 heteroatoms. The van der Waals surface area contributed by atoms with Crippen LogP contribution in [-0.4, -0.2) is 14.2 Å². The summed E-state index contributed by atoms with van der Waals surface area (Å²) < 4.78 is 10.7. The summed E-state index contributed by atoms with van der Waals surface area (Å²) in [6.07, 6.45) is 0. The van der Waals surface area contributed by atoms with Gasteiger partial charge in [-0.25, -0.2) is 0 Å². The van der Waals surface area contributed by atoms with Crippen LogP contribution in [0, 0.1) is 13.8 Å². The van der Waals surface area contributed by atoms with Crippen molar-refractivity contribution < 1.29 is 9.47 Å². The maximum absolute atomic E-state index is 5.37. The predicted octanol–water partition coefficient (Wildman–Crippen LogP) is 6.05. The van der Waals surface area contributed by atoms with Crippen molar-refractivity contribution >= 4 is 17.0 Å². The van der Waals surface area contributed by atoms with Gasteiger partial charge in [-0.05, 0) is 26.0 Å². The quantitative estimate of drug-likeness (QED) is 0.720. The molecule has 23 heavy (non-hydrogen) atoms. The molecule has 1 N–H and O–H groups in total. The zero-order valence-corrected chi connectivity index (χ0v) is 16.6. The summed E-state index contributed by atoms with van der Waals surface area (Å²) >= 11 is 1.81. The van der Waals surface area contributed by atoms with Crippen molar-refractivity contribution in [3.05, 3.63) is 39.6 Å². The second-order valence-corrected chi connectivity index (χ2v) is 5.74. The molecule has 0 bridgehead atoms. The maximum Gasteiger partial charge on any atom is 0.127 e. The average Bonchev–Trinajstić information content (AvgIpc) is 3.03. The molecule has 1 heterocycles. The van der Waals surface area contributed by atoms with Gasteiger partial charge in [0.05, 0.1) is 14.2 Å². The van der Waals surface area contributed by atoms with Crippen LogP contribution in [0.4, 0.5) is 5.69 Å². The van der Waals surface area contributed by atoms with Gasteiger partial charge in [0.1, 0.15) is 11.5 Å². The summed E-state index contributed by atoms with van der Waals surface area (Å²) in [5.41, 5.74) is 2.02. The van der Waals surface area contributed by atoms with E-state index >= 15 is 0 Å². The van der Waals surface area contributed by atoms with Crippen molar-refractivity contribution in [1.29, 1.82) is 0 Å². The van der Waals surface area contributed by atoms with E-state index < -0.39 is 0 Å². The van der Waals surface area contributed by atoms with Crippen molar-refractivity contribution in [3.8, 4) is 11.5 Å². The summed E-state index contributed by atoms with van der Waals surface area (Å²) in [6, 6.07) is 8.28. The van der Waals surface area contributed by atoms with Crippen LogP contribution in [0.3, 0.4) is 0 Å². The molecule has 2 rings (SSSR count). The van der Waals surface area contributed by atoms with Gasteiger partial charge in [0.2, 0.25) is 0 Å². The number of nitrogens with one attached hydrogen (secondary N) is 1. The monoisotopic (exact) mass is 337 g/mol. The Morgan fingerprint density at radius 1 is 0.913 bits per heavy atom. The summed E-state index contributed by atoms with van der Waals surface area (Å²) in [6.45, 7) is 12.9. The Bertz CT molecular complexity index is 539. The molecule has 0 saturated heterocycles. The first-order chi connectivity index (χ1) is 11.1. The van der Waals surface area contributed by atoms with E-state index in [2.05, 4.69) is 24.4 Å². The van der Waals surface area contributed by atoms with Gasteiger partial charge in [-0.3, -0.25) is 0 Å². The third-order valence-electron chi connectivity index (χ3n) is 3.01. The van der Waals surface area contributed by atoms with Crippen LogP contribution in [0.15, 0.2) is 24.3 Å². The van der Waals surface area contributed by atoms with Crippen molar-refractivity contribution in [2.45, 2.75) is 48.1 Å². The van der Waals surface area contributed by atoms with E-state index in [0.29, 0.717) is 0 Å². The molecule has 0 aliphatic heterocycles. The number of benzene rings is 1. The number of anilines is 1. The smallest absolute Gasteiger partial charge is 0.127 e. The minimum absolute atomic E-state index is 0.813. The summed E-state index contributed by atoms with van der Waals surface area (Å²) in [5.74, 6) is 1.67. The third-order valence-corrected chi connectivity index (χ3v) is 4.02. The first kappa shape index (κ1) is 21.3. The van der Waals surface area contributed by atoms with Crippen molar-refractivity contribution in [2.75, 3.05) is 19.5 Å². The fraction of sp³-hybridized carbons (Fsp3) is 0.474. The van der Waals surface area contributed by atoms with Gasteiger partial charge in [-0.2, -0.15) is 0 Å². The van der Waals surface area contributed by atoms with Crippen LogP contribution in [0.25, 0.3) is 0 Å². The highest BCUT2D eigenvalue weighted by molar-refractivity contribution is 7.11. The number of hydrogen-bond donors (Lipinski definition) is 1.